The van der Waals surface area contributed by atoms with Crippen molar-refractivity contribution in [1.82, 2.24) is 14.9 Å². The number of benzene rings is 1. The number of aromatic nitrogens is 2. The summed E-state index contributed by atoms with van der Waals surface area (Å²) in [7, 11) is 0. The molecule has 6 heteroatoms. The predicted octanol–water partition coefficient (Wildman–Crippen LogP) is 5.44. The Hall–Kier alpha value is -3.02. The number of para-hydroxylation sites is 1. The van der Waals surface area contributed by atoms with E-state index >= 15 is 0 Å². The largest absolute Gasteiger partial charge is 0.380 e. The molecule has 2 aliphatic rings. The number of nitrogens with zero attached hydrogens (tertiary/aromatic N) is 3. The number of carbonyl (C=O) groups excluding carboxylic acids is 1. The second-order valence-electron chi connectivity index (χ2n) is 9.79. The zero-order valence-corrected chi connectivity index (χ0v) is 19.8. The summed E-state index contributed by atoms with van der Waals surface area (Å²) in [4.78, 5) is 26.1. The average Bonchev–Trinajstić information content (AvgIpc) is 3.50. The van der Waals surface area contributed by atoms with Gasteiger partial charge < -0.3 is 20.1 Å². The molecule has 0 radical (unpaired) electrons. The van der Waals surface area contributed by atoms with Crippen LogP contribution in [0.2, 0.25) is 0 Å². The van der Waals surface area contributed by atoms with Gasteiger partial charge in [-0.05, 0) is 57.7 Å². The summed E-state index contributed by atoms with van der Waals surface area (Å²) in [5, 5.41) is 4.62. The molecule has 0 bridgehead atoms. The average molecular weight is 446 g/mol. The summed E-state index contributed by atoms with van der Waals surface area (Å²) < 4.78 is 0. The van der Waals surface area contributed by atoms with Crippen molar-refractivity contribution in [3.05, 3.63) is 54.4 Å². The highest BCUT2D eigenvalue weighted by molar-refractivity contribution is 6.06. The van der Waals surface area contributed by atoms with Gasteiger partial charge in [0.25, 0.3) is 5.91 Å². The number of rotatable bonds is 6. The van der Waals surface area contributed by atoms with Crippen LogP contribution >= 0.6 is 0 Å². The fourth-order valence-corrected chi connectivity index (χ4v) is 5.62. The number of H-pyrrole nitrogens is 1. The van der Waals surface area contributed by atoms with Crippen LogP contribution in [0.1, 0.15) is 62.7 Å². The molecule has 1 aliphatic carbocycles. The molecule has 0 spiro atoms. The molecule has 3 aromatic rings. The first-order valence-electron chi connectivity index (χ1n) is 12.5. The number of pyridine rings is 1. The zero-order chi connectivity index (χ0) is 22.8. The van der Waals surface area contributed by atoms with E-state index in [2.05, 4.69) is 35.1 Å². The quantitative estimate of drug-likeness (QED) is 0.530. The van der Waals surface area contributed by atoms with Gasteiger partial charge in [-0.25, -0.2) is 4.98 Å². The maximum absolute atomic E-state index is 13.3. The first kappa shape index (κ1) is 21.8. The number of nitrogens with one attached hydrogen (secondary N) is 2. The summed E-state index contributed by atoms with van der Waals surface area (Å²) in [6.07, 6.45) is 10.8. The third-order valence-electron chi connectivity index (χ3n) is 7.16. The molecule has 2 fully saturated rings. The number of anilines is 2. The van der Waals surface area contributed by atoms with Crippen LogP contribution in [-0.2, 0) is 0 Å². The lowest BCUT2D eigenvalue weighted by Gasteiger charge is -2.43. The molecule has 1 aromatic carbocycles. The SMILES string of the molecule is CC(C)Nc1cccnc1N(C1CCCC1)C1CCN(C(=O)c2c[nH]c3ccccc23)CC1. The molecule has 3 heterocycles. The molecular weight excluding hydrogens is 410 g/mol. The third-order valence-corrected chi connectivity index (χ3v) is 7.16. The van der Waals surface area contributed by atoms with Gasteiger partial charge in [0.2, 0.25) is 0 Å². The minimum atomic E-state index is 0.137. The number of hydrogen-bond acceptors (Lipinski definition) is 4. The number of amides is 1. The highest BCUT2D eigenvalue weighted by Gasteiger charge is 2.34. The van der Waals surface area contributed by atoms with Crippen LogP contribution in [0.3, 0.4) is 0 Å². The van der Waals surface area contributed by atoms with Gasteiger partial charge in [0, 0.05) is 54.5 Å². The Balaban J connectivity index is 1.35. The van der Waals surface area contributed by atoms with Gasteiger partial charge >= 0.3 is 0 Å². The molecule has 5 rings (SSSR count). The van der Waals surface area contributed by atoms with Gasteiger partial charge in [-0.1, -0.05) is 31.0 Å². The molecular formula is C27H35N5O. The molecule has 1 amide bonds. The van der Waals surface area contributed by atoms with E-state index in [9.17, 15) is 4.79 Å². The molecule has 0 unspecified atom stereocenters. The van der Waals surface area contributed by atoms with Crippen molar-refractivity contribution in [2.45, 2.75) is 70.5 Å². The maximum atomic E-state index is 13.3. The van der Waals surface area contributed by atoms with Gasteiger partial charge in [-0.2, -0.15) is 0 Å². The normalized spacial score (nSPS) is 17.7. The van der Waals surface area contributed by atoms with E-state index in [-0.39, 0.29) is 5.91 Å². The third kappa shape index (κ3) is 4.43. The Morgan fingerprint density at radius 3 is 2.55 bits per heavy atom. The van der Waals surface area contributed by atoms with Crippen LogP contribution in [0.5, 0.6) is 0 Å². The van der Waals surface area contributed by atoms with E-state index in [1.165, 1.54) is 25.7 Å². The van der Waals surface area contributed by atoms with E-state index in [0.29, 0.717) is 18.1 Å². The van der Waals surface area contributed by atoms with Crippen LogP contribution in [0.15, 0.2) is 48.8 Å². The van der Waals surface area contributed by atoms with Crippen molar-refractivity contribution in [1.29, 1.82) is 0 Å². The van der Waals surface area contributed by atoms with Gasteiger partial charge in [-0.15, -0.1) is 0 Å². The van der Waals surface area contributed by atoms with Gasteiger partial charge in [0.05, 0.1) is 11.3 Å². The Kier molecular flexibility index (Phi) is 6.25. The standard InChI is InChI=1S/C27H35N5O/c1-19(2)30-25-12-7-15-28-26(25)32(20-8-3-4-9-20)21-13-16-31(17-14-21)27(33)23-18-29-24-11-6-5-10-22(23)24/h5-7,10-12,15,18-21,29-30H,3-4,8-9,13-14,16-17H2,1-2H3. The van der Waals surface area contributed by atoms with Crippen LogP contribution < -0.4 is 10.2 Å². The minimum Gasteiger partial charge on any atom is -0.380 e. The van der Waals surface area contributed by atoms with Crippen molar-refractivity contribution in [2.75, 3.05) is 23.3 Å². The Labute approximate surface area is 196 Å². The van der Waals surface area contributed by atoms with Crippen LogP contribution in [-0.4, -0.2) is 52.0 Å². The monoisotopic (exact) mass is 445 g/mol. The van der Waals surface area contributed by atoms with Crippen molar-refractivity contribution in [2.24, 2.45) is 0 Å². The number of carbonyl (C=O) groups is 1. The summed E-state index contributed by atoms with van der Waals surface area (Å²) >= 11 is 0. The van der Waals surface area contributed by atoms with Crippen molar-refractivity contribution < 1.29 is 4.79 Å². The molecule has 2 aromatic heterocycles. The fourth-order valence-electron chi connectivity index (χ4n) is 5.62. The highest BCUT2D eigenvalue weighted by Crippen LogP contribution is 2.36. The fraction of sp³-hybridized carbons (Fsp3) is 0.481. The van der Waals surface area contributed by atoms with E-state index in [4.69, 9.17) is 4.98 Å². The smallest absolute Gasteiger partial charge is 0.256 e. The van der Waals surface area contributed by atoms with E-state index < -0.39 is 0 Å². The van der Waals surface area contributed by atoms with Gasteiger partial charge in [0.15, 0.2) is 5.82 Å². The van der Waals surface area contributed by atoms with Crippen LogP contribution in [0, 0.1) is 0 Å². The minimum absolute atomic E-state index is 0.137. The number of fused-ring (bicyclic) bond motifs is 1. The second-order valence-corrected chi connectivity index (χ2v) is 9.79. The predicted molar refractivity (Wildman–Crippen MR) is 135 cm³/mol. The number of likely N-dealkylation sites (tertiary alicyclic amines) is 1. The lowest BCUT2D eigenvalue weighted by atomic mass is 9.99. The van der Waals surface area contributed by atoms with Gasteiger partial charge in [-0.3, -0.25) is 4.79 Å². The van der Waals surface area contributed by atoms with Crippen LogP contribution in [0.4, 0.5) is 11.5 Å². The zero-order valence-electron chi connectivity index (χ0n) is 19.8. The number of hydrogen-bond donors (Lipinski definition) is 2. The number of aromatic amines is 1. The molecule has 1 saturated heterocycles. The van der Waals surface area contributed by atoms with Crippen molar-refractivity contribution in [3.8, 4) is 0 Å². The first-order valence-corrected chi connectivity index (χ1v) is 12.5. The molecule has 174 valence electrons. The molecule has 6 nitrogen and oxygen atoms in total. The summed E-state index contributed by atoms with van der Waals surface area (Å²) in [6.45, 7) is 5.91. The molecule has 1 aliphatic heterocycles. The molecule has 2 N–H and O–H groups in total. The maximum Gasteiger partial charge on any atom is 0.256 e. The Morgan fingerprint density at radius 1 is 1.06 bits per heavy atom. The lowest BCUT2D eigenvalue weighted by Crippen LogP contribution is -2.50. The van der Waals surface area contributed by atoms with Gasteiger partial charge in [0.1, 0.15) is 0 Å². The topological polar surface area (TPSA) is 64.3 Å². The molecule has 33 heavy (non-hydrogen) atoms. The Morgan fingerprint density at radius 2 is 1.79 bits per heavy atom. The summed E-state index contributed by atoms with van der Waals surface area (Å²) in [6, 6.07) is 13.5. The van der Waals surface area contributed by atoms with Crippen molar-refractivity contribution >= 4 is 28.3 Å². The number of piperidine rings is 1. The van der Waals surface area contributed by atoms with E-state index in [0.717, 1.165) is 53.9 Å². The summed E-state index contributed by atoms with van der Waals surface area (Å²) in [5.41, 5.74) is 2.92. The van der Waals surface area contributed by atoms with E-state index in [1.807, 2.05) is 47.6 Å². The molecule has 0 atom stereocenters. The molecule has 1 saturated carbocycles. The lowest BCUT2D eigenvalue weighted by molar-refractivity contribution is 0.0712. The second kappa shape index (κ2) is 9.46. The van der Waals surface area contributed by atoms with Crippen LogP contribution in [0.25, 0.3) is 10.9 Å². The van der Waals surface area contributed by atoms with E-state index in [1.54, 1.807) is 0 Å². The Bertz CT molecular complexity index is 1090. The first-order chi connectivity index (χ1) is 16.1. The van der Waals surface area contributed by atoms with Crippen molar-refractivity contribution in [3.63, 3.8) is 0 Å². The highest BCUT2D eigenvalue weighted by atomic mass is 16.2. The summed E-state index contributed by atoms with van der Waals surface area (Å²) in [5.74, 6) is 1.22.